The molecule has 1 fully saturated rings. The molecule has 0 atom stereocenters. The van der Waals surface area contributed by atoms with Crippen molar-refractivity contribution >= 4 is 5.97 Å². The Balaban J connectivity index is 1.51. The largest absolute Gasteiger partial charge is 0.465 e. The van der Waals surface area contributed by atoms with Gasteiger partial charge in [0.15, 0.2) is 0 Å². The number of hydrogen-bond donors (Lipinski definition) is 1. The summed E-state index contributed by atoms with van der Waals surface area (Å²) in [4.78, 5) is 11.5. The second-order valence-electron chi connectivity index (χ2n) is 5.17. The number of carbonyl (C=O) groups excluding carboxylic acids is 1. The number of hydrogen-bond acceptors (Lipinski definition) is 3. The Bertz CT molecular complexity index is 372. The van der Waals surface area contributed by atoms with Crippen LogP contribution in [-0.2, 0) is 16.0 Å². The summed E-state index contributed by atoms with van der Waals surface area (Å²) >= 11 is 0. The summed E-state index contributed by atoms with van der Waals surface area (Å²) < 4.78 is 5.22. The van der Waals surface area contributed by atoms with E-state index in [9.17, 15) is 4.79 Å². The molecule has 104 valence electrons. The van der Waals surface area contributed by atoms with Crippen LogP contribution in [0.1, 0.15) is 37.7 Å². The molecule has 0 aliphatic heterocycles. The van der Waals surface area contributed by atoms with E-state index in [-0.39, 0.29) is 5.97 Å². The summed E-state index contributed by atoms with van der Waals surface area (Å²) in [6.07, 6.45) is 6.81. The smallest absolute Gasteiger partial charge is 0.319 e. The van der Waals surface area contributed by atoms with Crippen LogP contribution in [0.3, 0.4) is 0 Å². The highest BCUT2D eigenvalue weighted by Crippen LogP contribution is 2.17. The molecule has 1 saturated carbocycles. The molecular formula is C16H23NO2. The summed E-state index contributed by atoms with van der Waals surface area (Å²) in [5.41, 5.74) is 1.29. The first-order chi connectivity index (χ1) is 9.34. The van der Waals surface area contributed by atoms with E-state index in [0.29, 0.717) is 19.2 Å². The fourth-order valence-electron chi connectivity index (χ4n) is 2.52. The molecule has 0 heterocycles. The average Bonchev–Trinajstić information content (AvgIpc) is 2.96. The number of ether oxygens (including phenoxy) is 1. The van der Waals surface area contributed by atoms with Gasteiger partial charge < -0.3 is 10.1 Å². The summed E-state index contributed by atoms with van der Waals surface area (Å²) in [6, 6.07) is 10.8. The third kappa shape index (κ3) is 5.43. The van der Waals surface area contributed by atoms with Crippen molar-refractivity contribution in [1.82, 2.24) is 5.32 Å². The number of nitrogens with one attached hydrogen (secondary N) is 1. The zero-order chi connectivity index (χ0) is 13.3. The molecule has 1 aromatic rings. The molecule has 3 nitrogen and oxygen atoms in total. The molecule has 0 bridgehead atoms. The summed E-state index contributed by atoms with van der Waals surface area (Å²) in [6.45, 7) is 0.871. The molecule has 0 amide bonds. The molecule has 1 N–H and O–H groups in total. The van der Waals surface area contributed by atoms with E-state index < -0.39 is 0 Å². The average molecular weight is 261 g/mol. The van der Waals surface area contributed by atoms with E-state index in [4.69, 9.17) is 4.74 Å². The minimum absolute atomic E-state index is 0.125. The molecule has 0 saturated heterocycles. The normalized spacial score (nSPS) is 15.6. The first-order valence-electron chi connectivity index (χ1n) is 7.27. The van der Waals surface area contributed by atoms with Crippen molar-refractivity contribution in [2.75, 3.05) is 13.2 Å². The van der Waals surface area contributed by atoms with Gasteiger partial charge in [-0.3, -0.25) is 4.79 Å². The maximum absolute atomic E-state index is 11.5. The minimum Gasteiger partial charge on any atom is -0.465 e. The fraction of sp³-hybridized carbons (Fsp3) is 0.562. The van der Waals surface area contributed by atoms with Crippen LogP contribution in [0.4, 0.5) is 0 Å². The number of carbonyl (C=O) groups is 1. The topological polar surface area (TPSA) is 38.3 Å². The summed E-state index contributed by atoms with van der Waals surface area (Å²) in [5, 5.41) is 3.27. The van der Waals surface area contributed by atoms with Gasteiger partial charge in [0.05, 0.1) is 13.2 Å². The predicted octanol–water partition coefficient (Wildman–Crippen LogP) is 2.69. The molecule has 2 rings (SSSR count). The van der Waals surface area contributed by atoms with Gasteiger partial charge in [0.2, 0.25) is 0 Å². The third-order valence-corrected chi connectivity index (χ3v) is 3.61. The van der Waals surface area contributed by atoms with Crippen LogP contribution in [0, 0.1) is 0 Å². The van der Waals surface area contributed by atoms with Crippen molar-refractivity contribution < 1.29 is 9.53 Å². The second-order valence-corrected chi connectivity index (χ2v) is 5.17. The first-order valence-corrected chi connectivity index (χ1v) is 7.27. The molecule has 1 aromatic carbocycles. The van der Waals surface area contributed by atoms with Crippen molar-refractivity contribution in [3.63, 3.8) is 0 Å². The van der Waals surface area contributed by atoms with Crippen molar-refractivity contribution in [2.45, 2.75) is 44.6 Å². The fourth-order valence-corrected chi connectivity index (χ4v) is 2.52. The van der Waals surface area contributed by atoms with Gasteiger partial charge in [-0.05, 0) is 31.2 Å². The van der Waals surface area contributed by atoms with E-state index in [0.717, 1.165) is 12.8 Å². The molecular weight excluding hydrogens is 238 g/mol. The highest BCUT2D eigenvalue weighted by molar-refractivity contribution is 5.71. The molecule has 0 unspecified atom stereocenters. The quantitative estimate of drug-likeness (QED) is 0.606. The Morgan fingerprint density at radius 3 is 2.68 bits per heavy atom. The number of esters is 1. The molecule has 0 radical (unpaired) electrons. The lowest BCUT2D eigenvalue weighted by Gasteiger charge is -2.11. The van der Waals surface area contributed by atoms with Gasteiger partial charge in [0, 0.05) is 6.04 Å². The lowest BCUT2D eigenvalue weighted by atomic mass is 10.1. The minimum atomic E-state index is -0.125. The SMILES string of the molecule is O=C(CNC1CCCC1)OCCCc1ccccc1. The lowest BCUT2D eigenvalue weighted by molar-refractivity contribution is -0.142. The van der Waals surface area contributed by atoms with E-state index in [1.54, 1.807) is 0 Å². The van der Waals surface area contributed by atoms with Gasteiger partial charge in [-0.1, -0.05) is 43.2 Å². The Hall–Kier alpha value is -1.35. The molecule has 1 aliphatic rings. The van der Waals surface area contributed by atoms with Gasteiger partial charge in [-0.25, -0.2) is 0 Å². The monoisotopic (exact) mass is 261 g/mol. The van der Waals surface area contributed by atoms with Crippen molar-refractivity contribution in [2.24, 2.45) is 0 Å². The van der Waals surface area contributed by atoms with Crippen molar-refractivity contribution in [3.05, 3.63) is 35.9 Å². The Kier molecular flexibility index (Phi) is 5.89. The van der Waals surface area contributed by atoms with Crippen LogP contribution in [0.5, 0.6) is 0 Å². The van der Waals surface area contributed by atoms with Crippen LogP contribution < -0.4 is 5.32 Å². The zero-order valence-corrected chi connectivity index (χ0v) is 11.4. The molecule has 1 aliphatic carbocycles. The zero-order valence-electron chi connectivity index (χ0n) is 11.4. The van der Waals surface area contributed by atoms with Crippen LogP contribution in [0.25, 0.3) is 0 Å². The van der Waals surface area contributed by atoms with E-state index in [2.05, 4.69) is 17.4 Å². The third-order valence-electron chi connectivity index (χ3n) is 3.61. The van der Waals surface area contributed by atoms with Crippen LogP contribution in [0.2, 0.25) is 0 Å². The van der Waals surface area contributed by atoms with Crippen LogP contribution in [-0.4, -0.2) is 25.2 Å². The molecule has 19 heavy (non-hydrogen) atoms. The van der Waals surface area contributed by atoms with E-state index in [1.165, 1.54) is 31.2 Å². The van der Waals surface area contributed by atoms with Crippen LogP contribution in [0.15, 0.2) is 30.3 Å². The maximum atomic E-state index is 11.5. The van der Waals surface area contributed by atoms with E-state index >= 15 is 0 Å². The van der Waals surface area contributed by atoms with E-state index in [1.807, 2.05) is 18.2 Å². The van der Waals surface area contributed by atoms with Crippen molar-refractivity contribution in [1.29, 1.82) is 0 Å². The van der Waals surface area contributed by atoms with Gasteiger partial charge in [-0.2, -0.15) is 0 Å². The molecule has 0 spiro atoms. The highest BCUT2D eigenvalue weighted by Gasteiger charge is 2.15. The van der Waals surface area contributed by atoms with Gasteiger partial charge in [0.25, 0.3) is 0 Å². The second kappa shape index (κ2) is 7.95. The molecule has 0 aromatic heterocycles. The standard InChI is InChI=1S/C16H23NO2/c18-16(13-17-15-10-4-5-11-15)19-12-6-9-14-7-2-1-3-8-14/h1-3,7-8,15,17H,4-6,9-13H2. The Morgan fingerprint density at radius 2 is 1.95 bits per heavy atom. The number of aryl methyl sites for hydroxylation is 1. The van der Waals surface area contributed by atoms with Gasteiger partial charge >= 0.3 is 5.97 Å². The van der Waals surface area contributed by atoms with Crippen LogP contribution >= 0.6 is 0 Å². The Labute approximate surface area is 115 Å². The lowest BCUT2D eigenvalue weighted by Crippen LogP contribution is -2.32. The Morgan fingerprint density at radius 1 is 1.21 bits per heavy atom. The summed E-state index contributed by atoms with van der Waals surface area (Å²) in [5.74, 6) is -0.125. The number of benzene rings is 1. The highest BCUT2D eigenvalue weighted by atomic mass is 16.5. The maximum Gasteiger partial charge on any atom is 0.319 e. The molecule has 3 heteroatoms. The summed E-state index contributed by atoms with van der Waals surface area (Å²) in [7, 11) is 0. The van der Waals surface area contributed by atoms with Gasteiger partial charge in [-0.15, -0.1) is 0 Å². The van der Waals surface area contributed by atoms with Gasteiger partial charge in [0.1, 0.15) is 0 Å². The van der Waals surface area contributed by atoms with Crippen molar-refractivity contribution in [3.8, 4) is 0 Å². The number of rotatable bonds is 7. The predicted molar refractivity (Wildman–Crippen MR) is 76.0 cm³/mol. The first kappa shape index (κ1) is 14.1.